The fourth-order valence-electron chi connectivity index (χ4n) is 4.82. The molecule has 30 heavy (non-hydrogen) atoms. The average molecular weight is 411 g/mol. The molecule has 1 aliphatic carbocycles. The van der Waals surface area contributed by atoms with Crippen molar-refractivity contribution in [2.75, 3.05) is 0 Å². The molecule has 0 N–H and O–H groups in total. The molecule has 3 rings (SSSR count). The normalized spacial score (nSPS) is 19.3. The number of hydrogen-bond donors (Lipinski definition) is 0. The minimum Gasteiger partial charge on any atom is -0.420 e. The van der Waals surface area contributed by atoms with Gasteiger partial charge in [0, 0.05) is 11.5 Å². The van der Waals surface area contributed by atoms with Crippen molar-refractivity contribution in [2.24, 2.45) is 5.92 Å². The first-order chi connectivity index (χ1) is 14.8. The lowest BCUT2D eigenvalue weighted by atomic mass is 9.79. The summed E-state index contributed by atoms with van der Waals surface area (Å²) in [6.07, 6.45) is 19.8. The molecule has 2 aromatic rings. The average Bonchev–Trinajstić information content (AvgIpc) is 3.28. The third kappa shape index (κ3) is 7.25. The second-order valence-corrected chi connectivity index (χ2v) is 9.37. The Hall–Kier alpha value is -1.64. The zero-order chi connectivity index (χ0) is 21.0. The van der Waals surface area contributed by atoms with Crippen LogP contribution in [0.15, 0.2) is 28.7 Å². The summed E-state index contributed by atoms with van der Waals surface area (Å²) in [5, 5.41) is 8.77. The Balaban J connectivity index is 1.43. The lowest BCUT2D eigenvalue weighted by molar-refractivity contribution is 0.277. The third-order valence-electron chi connectivity index (χ3n) is 6.87. The van der Waals surface area contributed by atoms with E-state index in [1.807, 2.05) is 0 Å². The van der Waals surface area contributed by atoms with Gasteiger partial charge < -0.3 is 4.42 Å². The standard InChI is InChI=1S/C27H42N2O/c1-3-5-7-9-11-13-23-16-20-25(21-17-23)27-29-28-26(30-27)24-18-14-22(15-19-24)12-10-8-6-4-2/h16-17,20-22,24H,3-15,18-19H2,1-2H3. The van der Waals surface area contributed by atoms with Crippen LogP contribution < -0.4 is 0 Å². The van der Waals surface area contributed by atoms with Crippen LogP contribution in [0.4, 0.5) is 0 Å². The van der Waals surface area contributed by atoms with E-state index in [0.717, 1.165) is 17.4 Å². The Morgan fingerprint density at radius 1 is 0.767 bits per heavy atom. The summed E-state index contributed by atoms with van der Waals surface area (Å²) in [4.78, 5) is 0. The van der Waals surface area contributed by atoms with Gasteiger partial charge >= 0.3 is 0 Å². The van der Waals surface area contributed by atoms with Gasteiger partial charge in [-0.3, -0.25) is 0 Å². The molecular formula is C27H42N2O. The SMILES string of the molecule is CCCCCCCc1ccc(-c2nnc(C3CCC(CCCCCC)CC3)o2)cc1. The molecule has 3 heteroatoms. The van der Waals surface area contributed by atoms with Crippen LogP contribution in [0.25, 0.3) is 11.5 Å². The highest BCUT2D eigenvalue weighted by molar-refractivity contribution is 5.53. The first kappa shape index (κ1) is 23.0. The van der Waals surface area contributed by atoms with E-state index in [0.29, 0.717) is 11.8 Å². The molecule has 0 saturated heterocycles. The Morgan fingerprint density at radius 3 is 2.13 bits per heavy atom. The predicted octanol–water partition coefficient (Wildman–Crippen LogP) is 8.49. The molecule has 0 radical (unpaired) electrons. The Kier molecular flexibility index (Phi) is 9.92. The van der Waals surface area contributed by atoms with Crippen molar-refractivity contribution in [3.05, 3.63) is 35.7 Å². The molecule has 0 aliphatic heterocycles. The van der Waals surface area contributed by atoms with E-state index in [4.69, 9.17) is 4.42 Å². The molecule has 3 nitrogen and oxygen atoms in total. The largest absolute Gasteiger partial charge is 0.420 e. The maximum atomic E-state index is 6.10. The molecule has 0 unspecified atom stereocenters. The molecule has 1 fully saturated rings. The van der Waals surface area contributed by atoms with Gasteiger partial charge in [-0.15, -0.1) is 10.2 Å². The lowest BCUT2D eigenvalue weighted by Gasteiger charge is -2.26. The van der Waals surface area contributed by atoms with Crippen molar-refractivity contribution in [1.29, 1.82) is 0 Å². The van der Waals surface area contributed by atoms with Crippen molar-refractivity contribution < 1.29 is 4.42 Å². The summed E-state index contributed by atoms with van der Waals surface area (Å²) in [5.41, 5.74) is 2.46. The number of hydrogen-bond acceptors (Lipinski definition) is 3. The number of unbranched alkanes of at least 4 members (excludes halogenated alkanes) is 7. The molecule has 0 atom stereocenters. The first-order valence-electron chi connectivity index (χ1n) is 12.7. The number of benzene rings is 1. The van der Waals surface area contributed by atoms with Crippen LogP contribution >= 0.6 is 0 Å². The van der Waals surface area contributed by atoms with E-state index in [1.54, 1.807) is 0 Å². The van der Waals surface area contributed by atoms with Gasteiger partial charge in [-0.05, 0) is 62.1 Å². The molecule has 1 aromatic heterocycles. The summed E-state index contributed by atoms with van der Waals surface area (Å²) in [5.74, 6) is 2.91. The zero-order valence-corrected chi connectivity index (χ0v) is 19.4. The summed E-state index contributed by atoms with van der Waals surface area (Å²) in [6.45, 7) is 4.55. The van der Waals surface area contributed by atoms with Crippen LogP contribution in [0.1, 0.15) is 121 Å². The minimum absolute atomic E-state index is 0.459. The van der Waals surface area contributed by atoms with Crippen molar-refractivity contribution in [1.82, 2.24) is 10.2 Å². The molecule has 1 aliphatic rings. The third-order valence-corrected chi connectivity index (χ3v) is 6.87. The van der Waals surface area contributed by atoms with Crippen LogP contribution in [0.2, 0.25) is 0 Å². The van der Waals surface area contributed by atoms with Gasteiger partial charge in [0.2, 0.25) is 11.8 Å². The van der Waals surface area contributed by atoms with Crippen LogP contribution in [0.3, 0.4) is 0 Å². The van der Waals surface area contributed by atoms with Gasteiger partial charge in [0.15, 0.2) is 0 Å². The molecule has 0 amide bonds. The minimum atomic E-state index is 0.459. The van der Waals surface area contributed by atoms with E-state index in [2.05, 4.69) is 48.3 Å². The fourth-order valence-corrected chi connectivity index (χ4v) is 4.82. The predicted molar refractivity (Wildman–Crippen MR) is 126 cm³/mol. The Bertz CT molecular complexity index is 698. The van der Waals surface area contributed by atoms with Gasteiger partial charge in [-0.2, -0.15) is 0 Å². The van der Waals surface area contributed by atoms with Gasteiger partial charge in [0.25, 0.3) is 0 Å². The summed E-state index contributed by atoms with van der Waals surface area (Å²) < 4.78 is 6.10. The second kappa shape index (κ2) is 12.9. The number of aromatic nitrogens is 2. The zero-order valence-electron chi connectivity index (χ0n) is 19.4. The lowest BCUT2D eigenvalue weighted by Crippen LogP contribution is -2.13. The van der Waals surface area contributed by atoms with Gasteiger partial charge in [0.1, 0.15) is 0 Å². The van der Waals surface area contributed by atoms with Crippen molar-refractivity contribution in [3.8, 4) is 11.5 Å². The van der Waals surface area contributed by atoms with Gasteiger partial charge in [0.05, 0.1) is 0 Å². The molecule has 1 heterocycles. The number of aryl methyl sites for hydroxylation is 1. The van der Waals surface area contributed by atoms with Crippen LogP contribution in [0, 0.1) is 5.92 Å². The van der Waals surface area contributed by atoms with Crippen LogP contribution in [0.5, 0.6) is 0 Å². The molecule has 0 spiro atoms. The van der Waals surface area contributed by atoms with Crippen LogP contribution in [-0.4, -0.2) is 10.2 Å². The van der Waals surface area contributed by atoms with E-state index in [9.17, 15) is 0 Å². The summed E-state index contributed by atoms with van der Waals surface area (Å²) >= 11 is 0. The molecular weight excluding hydrogens is 368 g/mol. The second-order valence-electron chi connectivity index (χ2n) is 9.37. The maximum absolute atomic E-state index is 6.10. The first-order valence-corrected chi connectivity index (χ1v) is 12.7. The maximum Gasteiger partial charge on any atom is 0.247 e. The van der Waals surface area contributed by atoms with Crippen molar-refractivity contribution in [3.63, 3.8) is 0 Å². The summed E-state index contributed by atoms with van der Waals surface area (Å²) in [7, 11) is 0. The molecule has 1 aromatic carbocycles. The number of rotatable bonds is 13. The van der Waals surface area contributed by atoms with E-state index < -0.39 is 0 Å². The quantitative estimate of drug-likeness (QED) is 0.311. The highest BCUT2D eigenvalue weighted by Crippen LogP contribution is 2.38. The van der Waals surface area contributed by atoms with E-state index >= 15 is 0 Å². The molecule has 0 bridgehead atoms. The molecule has 1 saturated carbocycles. The van der Waals surface area contributed by atoms with Crippen molar-refractivity contribution in [2.45, 2.75) is 116 Å². The topological polar surface area (TPSA) is 38.9 Å². The highest BCUT2D eigenvalue weighted by Gasteiger charge is 2.26. The summed E-state index contributed by atoms with van der Waals surface area (Å²) in [6, 6.07) is 8.74. The smallest absolute Gasteiger partial charge is 0.247 e. The van der Waals surface area contributed by atoms with E-state index in [1.165, 1.54) is 102 Å². The van der Waals surface area contributed by atoms with Gasteiger partial charge in [-0.1, -0.05) is 83.8 Å². The fraction of sp³-hybridized carbons (Fsp3) is 0.704. The number of nitrogens with zero attached hydrogens (tertiary/aromatic N) is 2. The van der Waals surface area contributed by atoms with Crippen molar-refractivity contribution >= 4 is 0 Å². The highest BCUT2D eigenvalue weighted by atomic mass is 16.4. The molecule has 166 valence electrons. The van der Waals surface area contributed by atoms with E-state index in [-0.39, 0.29) is 0 Å². The Morgan fingerprint density at radius 2 is 1.43 bits per heavy atom. The monoisotopic (exact) mass is 410 g/mol. The Labute approximate surface area is 184 Å². The van der Waals surface area contributed by atoms with Crippen LogP contribution in [-0.2, 0) is 6.42 Å². The van der Waals surface area contributed by atoms with Gasteiger partial charge in [-0.25, -0.2) is 0 Å².